The van der Waals surface area contributed by atoms with Gasteiger partial charge in [0.1, 0.15) is 6.04 Å². The lowest BCUT2D eigenvalue weighted by Gasteiger charge is -2.32. The number of aliphatic carboxylic acids is 1. The van der Waals surface area contributed by atoms with Gasteiger partial charge in [0.05, 0.1) is 0 Å². The zero-order chi connectivity index (χ0) is 11.0. The molecule has 2 fully saturated rings. The Bertz CT molecular complexity index is 287. The van der Waals surface area contributed by atoms with Gasteiger partial charge in [0.25, 0.3) is 0 Å². The summed E-state index contributed by atoms with van der Waals surface area (Å²) >= 11 is 0. The molecule has 2 aliphatic heterocycles. The van der Waals surface area contributed by atoms with Crippen molar-refractivity contribution >= 4 is 5.97 Å². The number of fused-ring (bicyclic) bond motifs is 1. The Morgan fingerprint density at radius 2 is 2.13 bits per heavy atom. The average Bonchev–Trinajstić information content (AvgIpc) is 2.55. The van der Waals surface area contributed by atoms with E-state index in [2.05, 4.69) is 18.4 Å². The topological polar surface area (TPSA) is 40.5 Å². The highest BCUT2D eigenvalue weighted by atomic mass is 16.4. The molecule has 84 valence electrons. The van der Waals surface area contributed by atoms with E-state index >= 15 is 0 Å². The summed E-state index contributed by atoms with van der Waals surface area (Å²) in [4.78, 5) is 13.2. The summed E-state index contributed by atoms with van der Waals surface area (Å²) in [5, 5.41) is 9.17. The van der Waals surface area contributed by atoms with Crippen molar-refractivity contribution in [1.29, 1.82) is 0 Å². The molecular formula is C12H19NO2. The van der Waals surface area contributed by atoms with E-state index in [-0.39, 0.29) is 6.04 Å². The zero-order valence-electron chi connectivity index (χ0n) is 9.28. The second-order valence-electron chi connectivity index (χ2n) is 4.82. The third kappa shape index (κ3) is 1.75. The van der Waals surface area contributed by atoms with Crippen LogP contribution in [0, 0.1) is 5.92 Å². The minimum absolute atomic E-state index is 0.317. The molecular weight excluding hydrogens is 190 g/mol. The fourth-order valence-corrected chi connectivity index (χ4v) is 2.92. The molecule has 15 heavy (non-hydrogen) atoms. The van der Waals surface area contributed by atoms with Crippen LogP contribution in [0.15, 0.2) is 12.3 Å². The van der Waals surface area contributed by atoms with Crippen LogP contribution in [-0.4, -0.2) is 28.1 Å². The Balaban J connectivity index is 2.23. The van der Waals surface area contributed by atoms with Gasteiger partial charge in [-0.05, 0) is 31.6 Å². The first kappa shape index (κ1) is 10.5. The smallest absolute Gasteiger partial charge is 0.326 e. The van der Waals surface area contributed by atoms with Crippen LogP contribution >= 0.6 is 0 Å². The van der Waals surface area contributed by atoms with Gasteiger partial charge in [-0.2, -0.15) is 0 Å². The minimum Gasteiger partial charge on any atom is -0.480 e. The van der Waals surface area contributed by atoms with Gasteiger partial charge in [0, 0.05) is 11.7 Å². The number of carboxylic acids is 1. The van der Waals surface area contributed by atoms with Crippen LogP contribution in [0.3, 0.4) is 0 Å². The van der Waals surface area contributed by atoms with Crippen molar-refractivity contribution in [1.82, 2.24) is 4.90 Å². The molecule has 0 aromatic carbocycles. The molecule has 0 amide bonds. The first-order valence-corrected chi connectivity index (χ1v) is 5.81. The number of nitrogens with zero attached hydrogens (tertiary/aromatic N) is 1. The summed E-state index contributed by atoms with van der Waals surface area (Å²) < 4.78 is 0. The van der Waals surface area contributed by atoms with Gasteiger partial charge in [-0.1, -0.05) is 19.9 Å². The molecule has 2 aliphatic rings. The van der Waals surface area contributed by atoms with Gasteiger partial charge in [-0.15, -0.1) is 0 Å². The third-order valence-corrected chi connectivity index (χ3v) is 3.86. The zero-order valence-corrected chi connectivity index (χ0v) is 9.28. The molecule has 0 aromatic heterocycles. The average molecular weight is 209 g/mol. The lowest BCUT2D eigenvalue weighted by atomic mass is 10.0. The number of rotatable bonds is 1. The van der Waals surface area contributed by atoms with Gasteiger partial charge >= 0.3 is 5.97 Å². The van der Waals surface area contributed by atoms with Gasteiger partial charge in [0.15, 0.2) is 0 Å². The van der Waals surface area contributed by atoms with Crippen LogP contribution in [0.5, 0.6) is 0 Å². The summed E-state index contributed by atoms with van der Waals surface area (Å²) in [5.41, 5.74) is 1.04. The van der Waals surface area contributed by atoms with E-state index in [4.69, 9.17) is 5.11 Å². The normalized spacial score (nSPS) is 36.2. The quantitative estimate of drug-likeness (QED) is 0.720. The summed E-state index contributed by atoms with van der Waals surface area (Å²) in [6, 6.07) is 0.117. The molecule has 0 saturated carbocycles. The summed E-state index contributed by atoms with van der Waals surface area (Å²) in [6.45, 7) is 6.25. The minimum atomic E-state index is -0.687. The molecule has 0 bridgehead atoms. The van der Waals surface area contributed by atoms with Crippen molar-refractivity contribution in [3.8, 4) is 0 Å². The van der Waals surface area contributed by atoms with Crippen molar-refractivity contribution in [3.05, 3.63) is 12.3 Å². The molecule has 3 heteroatoms. The second-order valence-corrected chi connectivity index (χ2v) is 4.82. The molecule has 2 heterocycles. The molecule has 0 radical (unpaired) electrons. The number of allylic oxidation sites excluding steroid dienone is 1. The molecule has 3 nitrogen and oxygen atoms in total. The van der Waals surface area contributed by atoms with E-state index in [0.717, 1.165) is 31.4 Å². The molecule has 1 N–H and O–H groups in total. The van der Waals surface area contributed by atoms with E-state index in [1.54, 1.807) is 0 Å². The molecule has 0 aliphatic carbocycles. The highest BCUT2D eigenvalue weighted by Gasteiger charge is 2.40. The van der Waals surface area contributed by atoms with Crippen molar-refractivity contribution in [2.45, 2.75) is 51.1 Å². The number of carboxylic acid groups (broad SMARTS) is 1. The number of hydrogen-bond acceptors (Lipinski definition) is 2. The first-order valence-electron chi connectivity index (χ1n) is 5.81. The Labute approximate surface area is 90.8 Å². The Morgan fingerprint density at radius 1 is 1.40 bits per heavy atom. The van der Waals surface area contributed by atoms with Gasteiger partial charge in [-0.3, -0.25) is 0 Å². The van der Waals surface area contributed by atoms with E-state index in [1.165, 1.54) is 6.42 Å². The van der Waals surface area contributed by atoms with E-state index in [0.29, 0.717) is 12.0 Å². The molecule has 2 rings (SSSR count). The van der Waals surface area contributed by atoms with E-state index in [1.807, 2.05) is 0 Å². The lowest BCUT2D eigenvalue weighted by Crippen LogP contribution is -2.40. The molecule has 3 unspecified atom stereocenters. The maximum Gasteiger partial charge on any atom is 0.326 e. The monoisotopic (exact) mass is 209 g/mol. The lowest BCUT2D eigenvalue weighted by molar-refractivity contribution is -0.142. The molecule has 0 aromatic rings. The summed E-state index contributed by atoms with van der Waals surface area (Å²) in [5.74, 6) is -0.248. The maximum atomic E-state index is 11.1. The highest BCUT2D eigenvalue weighted by Crippen LogP contribution is 2.37. The Kier molecular flexibility index (Phi) is 2.72. The summed E-state index contributed by atoms with van der Waals surface area (Å²) in [6.07, 6.45) is 5.29. The predicted octanol–water partition coefficient (Wildman–Crippen LogP) is 2.24. The van der Waals surface area contributed by atoms with Crippen molar-refractivity contribution in [2.75, 3.05) is 0 Å². The van der Waals surface area contributed by atoms with Crippen LogP contribution < -0.4 is 0 Å². The molecule has 0 spiro atoms. The van der Waals surface area contributed by atoms with Crippen molar-refractivity contribution < 1.29 is 9.90 Å². The van der Waals surface area contributed by atoms with Crippen LogP contribution in [0.25, 0.3) is 0 Å². The van der Waals surface area contributed by atoms with Crippen molar-refractivity contribution in [2.24, 2.45) is 5.92 Å². The maximum absolute atomic E-state index is 11.1. The van der Waals surface area contributed by atoms with Crippen LogP contribution in [0.4, 0.5) is 0 Å². The van der Waals surface area contributed by atoms with Gasteiger partial charge < -0.3 is 10.0 Å². The second kappa shape index (κ2) is 3.87. The third-order valence-electron chi connectivity index (χ3n) is 3.86. The fourth-order valence-electron chi connectivity index (χ4n) is 2.92. The van der Waals surface area contributed by atoms with Gasteiger partial charge in [-0.25, -0.2) is 4.79 Å². The number of hydrogen-bond donors (Lipinski definition) is 1. The van der Waals surface area contributed by atoms with E-state index in [9.17, 15) is 4.79 Å². The predicted molar refractivity (Wildman–Crippen MR) is 58.4 cm³/mol. The van der Waals surface area contributed by atoms with Crippen LogP contribution in [-0.2, 0) is 4.79 Å². The standard InChI is InChI=1S/C12H19NO2/c1-8-4-3-5-10-6-7-11(12(14)15)13(10)9(8)2/h8,10-11H,2-7H2,1H3,(H,14,15). The van der Waals surface area contributed by atoms with E-state index < -0.39 is 5.97 Å². The van der Waals surface area contributed by atoms with Crippen molar-refractivity contribution in [3.63, 3.8) is 0 Å². The fraction of sp³-hybridized carbons (Fsp3) is 0.750. The SMILES string of the molecule is C=C1C(C)CCCC2CCC(C(=O)O)N12. The molecule has 3 atom stereocenters. The molecule has 2 saturated heterocycles. The Morgan fingerprint density at radius 3 is 2.80 bits per heavy atom. The number of carbonyl (C=O) groups is 1. The summed E-state index contributed by atoms with van der Waals surface area (Å²) in [7, 11) is 0. The van der Waals surface area contributed by atoms with Crippen LogP contribution in [0.1, 0.15) is 39.0 Å². The van der Waals surface area contributed by atoms with Gasteiger partial charge in [0.2, 0.25) is 0 Å². The highest BCUT2D eigenvalue weighted by molar-refractivity contribution is 5.74. The largest absolute Gasteiger partial charge is 0.480 e. The Hall–Kier alpha value is -0.990. The van der Waals surface area contributed by atoms with Crippen LogP contribution in [0.2, 0.25) is 0 Å². The first-order chi connectivity index (χ1) is 7.11.